The van der Waals surface area contributed by atoms with Gasteiger partial charge < -0.3 is 15.1 Å². The molecule has 0 bridgehead atoms. The van der Waals surface area contributed by atoms with Gasteiger partial charge in [-0.05, 0) is 0 Å². The van der Waals surface area contributed by atoms with E-state index in [-0.39, 0.29) is 12.5 Å². The summed E-state index contributed by atoms with van der Waals surface area (Å²) in [6.07, 6.45) is 0. The molecule has 0 aliphatic heterocycles. The lowest BCUT2D eigenvalue weighted by atomic mass is 10.0. The lowest BCUT2D eigenvalue weighted by Gasteiger charge is -2.24. The van der Waals surface area contributed by atoms with E-state index in [1.165, 1.54) is 11.9 Å². The summed E-state index contributed by atoms with van der Waals surface area (Å²) in [7, 11) is 6.52. The molecule has 1 rings (SSSR count). The molecule has 0 heterocycles. The van der Waals surface area contributed by atoms with Crippen molar-refractivity contribution in [1.82, 2.24) is 15.5 Å². The number of quaternary nitrogens is 1. The van der Waals surface area contributed by atoms with Crippen LogP contribution >= 0.6 is 0 Å². The van der Waals surface area contributed by atoms with Gasteiger partial charge in [0, 0.05) is 26.7 Å². The van der Waals surface area contributed by atoms with E-state index in [9.17, 15) is 14.4 Å². The smallest absolute Gasteiger partial charge is 0.321 e. The molecule has 1 aromatic rings. The summed E-state index contributed by atoms with van der Waals surface area (Å²) in [4.78, 5) is 37.8. The van der Waals surface area contributed by atoms with Gasteiger partial charge in [-0.15, -0.1) is 0 Å². The second-order valence-corrected chi connectivity index (χ2v) is 5.22. The van der Waals surface area contributed by atoms with E-state index in [1.807, 2.05) is 18.2 Å². The molecule has 2 atom stereocenters. The highest BCUT2D eigenvalue weighted by atomic mass is 16.2. The second kappa shape index (κ2) is 8.14. The van der Waals surface area contributed by atoms with E-state index in [0.29, 0.717) is 4.90 Å². The number of urea groups is 1. The molecule has 0 saturated heterocycles. The quantitative estimate of drug-likeness (QED) is 0.638. The van der Waals surface area contributed by atoms with E-state index in [0.717, 1.165) is 5.56 Å². The minimum Gasteiger partial charge on any atom is -0.344 e. The van der Waals surface area contributed by atoms with E-state index >= 15 is 0 Å². The Morgan fingerprint density at radius 3 is 2.27 bits per heavy atom. The number of nitrogens with one attached hydrogen (secondary N) is 3. The highest BCUT2D eigenvalue weighted by Crippen LogP contribution is 2.09. The first-order valence-corrected chi connectivity index (χ1v) is 6.96. The van der Waals surface area contributed by atoms with Gasteiger partial charge in [0.05, 0.1) is 7.05 Å². The van der Waals surface area contributed by atoms with Crippen LogP contribution in [-0.2, 0) is 9.59 Å². The summed E-state index contributed by atoms with van der Waals surface area (Å²) in [6, 6.07) is 7.86. The Morgan fingerprint density at radius 2 is 1.77 bits per heavy atom. The average molecular weight is 307 g/mol. The molecular weight excluding hydrogens is 284 g/mol. The Hall–Kier alpha value is -2.41. The van der Waals surface area contributed by atoms with Gasteiger partial charge in [0.2, 0.25) is 0 Å². The van der Waals surface area contributed by atoms with E-state index < -0.39 is 18.0 Å². The van der Waals surface area contributed by atoms with Crippen molar-refractivity contribution in [3.8, 4) is 0 Å². The number of carbonyl (C=O) groups excluding carboxylic acids is 3. The predicted octanol–water partition coefficient (Wildman–Crippen LogP) is -1.21. The number of carbonyl (C=O) groups is 3. The zero-order valence-electron chi connectivity index (χ0n) is 13.3. The summed E-state index contributed by atoms with van der Waals surface area (Å²) >= 11 is 0. The predicted molar refractivity (Wildman–Crippen MR) is 82.2 cm³/mol. The molecular formula is C15H23N4O3+. The number of nitrogens with zero attached hydrogens (tertiary/aromatic N) is 1. The van der Waals surface area contributed by atoms with Crippen molar-refractivity contribution >= 4 is 17.8 Å². The molecule has 1 unspecified atom stereocenters. The van der Waals surface area contributed by atoms with E-state index in [2.05, 4.69) is 10.6 Å². The van der Waals surface area contributed by atoms with Gasteiger partial charge in [-0.2, -0.15) is 0 Å². The first-order chi connectivity index (χ1) is 10.4. The van der Waals surface area contributed by atoms with Crippen molar-refractivity contribution in [3.63, 3.8) is 0 Å². The number of benzene rings is 1. The summed E-state index contributed by atoms with van der Waals surface area (Å²) in [5.74, 6) is -0.541. The molecule has 22 heavy (non-hydrogen) atoms. The van der Waals surface area contributed by atoms with Crippen LogP contribution in [0.4, 0.5) is 4.79 Å². The highest BCUT2D eigenvalue weighted by molar-refractivity contribution is 5.96. The number of hydrogen-bond donors (Lipinski definition) is 3. The molecule has 0 aromatic heterocycles. The monoisotopic (exact) mass is 307 g/mol. The SMILES string of the molecule is CNC(=O)NC(=O)[C@@H](c1ccccc1)[NH+](C)CC(=O)N(C)C. The van der Waals surface area contributed by atoms with Crippen molar-refractivity contribution in [2.75, 3.05) is 34.7 Å². The third-order valence-electron chi connectivity index (χ3n) is 3.28. The normalized spacial score (nSPS) is 12.9. The number of likely N-dealkylation sites (N-methyl/N-ethyl adjacent to an activating group) is 2. The van der Waals surface area contributed by atoms with Crippen LogP contribution in [0.5, 0.6) is 0 Å². The summed E-state index contributed by atoms with van der Waals surface area (Å²) < 4.78 is 0. The molecule has 120 valence electrons. The van der Waals surface area contributed by atoms with Gasteiger partial charge in [0.1, 0.15) is 0 Å². The maximum absolute atomic E-state index is 12.4. The van der Waals surface area contributed by atoms with Crippen molar-refractivity contribution in [2.24, 2.45) is 0 Å². The Morgan fingerprint density at radius 1 is 1.18 bits per heavy atom. The molecule has 1 aromatic carbocycles. The lowest BCUT2D eigenvalue weighted by Crippen LogP contribution is -3.11. The Bertz CT molecular complexity index is 531. The molecule has 3 N–H and O–H groups in total. The van der Waals surface area contributed by atoms with Gasteiger partial charge in [-0.25, -0.2) is 4.79 Å². The Kier molecular flexibility index (Phi) is 6.52. The molecule has 0 radical (unpaired) electrons. The standard InChI is InChI=1S/C15H22N4O3/c1-16-15(22)17-14(21)13(11-8-6-5-7-9-11)19(4)10-12(20)18(2)3/h5-9,13H,10H2,1-4H3,(H2,16,17,21,22)/p+1/t13-/m1/s1. The van der Waals surface area contributed by atoms with Crippen molar-refractivity contribution in [3.05, 3.63) is 35.9 Å². The van der Waals surface area contributed by atoms with Crippen LogP contribution in [0.3, 0.4) is 0 Å². The van der Waals surface area contributed by atoms with Crippen LogP contribution in [0.2, 0.25) is 0 Å². The summed E-state index contributed by atoms with van der Waals surface area (Å²) in [6.45, 7) is 0.147. The van der Waals surface area contributed by atoms with Gasteiger partial charge >= 0.3 is 6.03 Å². The molecule has 0 fully saturated rings. The molecule has 4 amide bonds. The van der Waals surface area contributed by atoms with Crippen LogP contribution in [-0.4, -0.2) is 57.5 Å². The number of amides is 4. The second-order valence-electron chi connectivity index (χ2n) is 5.22. The molecule has 7 heteroatoms. The minimum atomic E-state index is -0.651. The highest BCUT2D eigenvalue weighted by Gasteiger charge is 2.31. The van der Waals surface area contributed by atoms with Crippen molar-refractivity contribution in [2.45, 2.75) is 6.04 Å². The molecule has 0 aliphatic rings. The van der Waals surface area contributed by atoms with Crippen LogP contribution in [0.15, 0.2) is 30.3 Å². The van der Waals surface area contributed by atoms with Gasteiger partial charge in [-0.1, -0.05) is 30.3 Å². The first kappa shape index (κ1) is 17.6. The molecule has 0 spiro atoms. The lowest BCUT2D eigenvalue weighted by molar-refractivity contribution is -0.894. The molecule has 7 nitrogen and oxygen atoms in total. The zero-order chi connectivity index (χ0) is 16.7. The molecule has 0 aliphatic carbocycles. The number of rotatable bonds is 5. The van der Waals surface area contributed by atoms with Gasteiger partial charge in [0.15, 0.2) is 12.6 Å². The number of imide groups is 1. The van der Waals surface area contributed by atoms with Crippen LogP contribution in [0.25, 0.3) is 0 Å². The number of hydrogen-bond acceptors (Lipinski definition) is 3. The zero-order valence-corrected chi connectivity index (χ0v) is 13.3. The summed E-state index contributed by atoms with van der Waals surface area (Å²) in [5, 5.41) is 4.62. The first-order valence-electron chi connectivity index (χ1n) is 6.96. The van der Waals surface area contributed by atoms with Gasteiger partial charge in [-0.3, -0.25) is 14.9 Å². The van der Waals surface area contributed by atoms with E-state index in [1.54, 1.807) is 33.3 Å². The maximum atomic E-state index is 12.4. The maximum Gasteiger partial charge on any atom is 0.321 e. The van der Waals surface area contributed by atoms with Crippen molar-refractivity contribution in [1.29, 1.82) is 0 Å². The minimum absolute atomic E-state index is 0.0915. The van der Waals surface area contributed by atoms with E-state index in [4.69, 9.17) is 0 Å². The van der Waals surface area contributed by atoms with Crippen LogP contribution in [0, 0.1) is 0 Å². The fourth-order valence-electron chi connectivity index (χ4n) is 2.05. The summed E-state index contributed by atoms with van der Waals surface area (Å²) in [5.41, 5.74) is 0.743. The molecule has 0 saturated carbocycles. The fraction of sp³-hybridized carbons (Fsp3) is 0.400. The Labute approximate surface area is 130 Å². The Balaban J connectivity index is 2.99. The van der Waals surface area contributed by atoms with Gasteiger partial charge in [0.25, 0.3) is 11.8 Å². The topological polar surface area (TPSA) is 83.0 Å². The fourth-order valence-corrected chi connectivity index (χ4v) is 2.05. The third kappa shape index (κ3) is 4.85. The third-order valence-corrected chi connectivity index (χ3v) is 3.28. The largest absolute Gasteiger partial charge is 0.344 e. The average Bonchev–Trinajstić information content (AvgIpc) is 2.48. The van der Waals surface area contributed by atoms with Crippen LogP contribution in [0.1, 0.15) is 11.6 Å². The van der Waals surface area contributed by atoms with Crippen molar-refractivity contribution < 1.29 is 19.3 Å². The van der Waals surface area contributed by atoms with Crippen LogP contribution < -0.4 is 15.5 Å².